The first-order chi connectivity index (χ1) is 11.4. The Balaban J connectivity index is 2.38. The molecule has 1 aromatic carbocycles. The third-order valence-corrected chi connectivity index (χ3v) is 3.72. The van der Waals surface area contributed by atoms with Crippen molar-refractivity contribution in [3.63, 3.8) is 0 Å². The molecular weight excluding hydrogens is 384 g/mol. The number of imide groups is 1. The van der Waals surface area contributed by atoms with Gasteiger partial charge < -0.3 is 19.9 Å². The molecule has 0 bridgehead atoms. The monoisotopic (exact) mass is 398 g/mol. The summed E-state index contributed by atoms with van der Waals surface area (Å²) in [4.78, 5) is 36.7. The van der Waals surface area contributed by atoms with Gasteiger partial charge in [-0.3, -0.25) is 14.5 Å². The second-order valence-corrected chi connectivity index (χ2v) is 5.64. The van der Waals surface area contributed by atoms with E-state index in [-0.39, 0.29) is 30.2 Å². The quantitative estimate of drug-likeness (QED) is 0.541. The van der Waals surface area contributed by atoms with Crippen molar-refractivity contribution in [2.45, 2.75) is 0 Å². The number of ether oxygens (including phenoxy) is 2. The molecule has 2 rings (SSSR count). The van der Waals surface area contributed by atoms with E-state index in [2.05, 4.69) is 21.2 Å². The summed E-state index contributed by atoms with van der Waals surface area (Å²) in [7, 11) is 2.61. The van der Waals surface area contributed by atoms with Crippen LogP contribution in [0.3, 0.4) is 0 Å². The first-order valence-corrected chi connectivity index (χ1v) is 7.63. The zero-order chi connectivity index (χ0) is 17.9. The highest BCUT2D eigenvalue weighted by atomic mass is 79.9. The highest BCUT2D eigenvalue weighted by Crippen LogP contribution is 2.34. The maximum absolute atomic E-state index is 12.2. The third-order valence-electron chi connectivity index (χ3n) is 3.27. The van der Waals surface area contributed by atoms with Crippen LogP contribution in [-0.4, -0.2) is 55.2 Å². The number of anilines is 1. The summed E-state index contributed by atoms with van der Waals surface area (Å²) >= 11 is 3.27. The van der Waals surface area contributed by atoms with Crippen LogP contribution < -0.4 is 10.1 Å². The average molecular weight is 399 g/mol. The fourth-order valence-corrected chi connectivity index (χ4v) is 2.68. The molecule has 0 saturated heterocycles. The molecule has 9 heteroatoms. The van der Waals surface area contributed by atoms with E-state index in [9.17, 15) is 14.4 Å². The Bertz CT molecular complexity index is 731. The van der Waals surface area contributed by atoms with Crippen molar-refractivity contribution in [1.82, 2.24) is 4.90 Å². The fraction of sp³-hybridized carbons (Fsp3) is 0.267. The summed E-state index contributed by atoms with van der Waals surface area (Å²) in [6.45, 7) is -0.423. The molecule has 1 aliphatic rings. The van der Waals surface area contributed by atoms with Gasteiger partial charge in [0.05, 0.1) is 33.1 Å². The number of methoxy groups -OCH3 is 2. The second kappa shape index (κ2) is 7.45. The van der Waals surface area contributed by atoms with E-state index in [4.69, 9.17) is 14.6 Å². The van der Waals surface area contributed by atoms with Crippen LogP contribution in [0.2, 0.25) is 0 Å². The summed E-state index contributed by atoms with van der Waals surface area (Å²) in [5.41, 5.74) is 0.479. The van der Waals surface area contributed by atoms with Crippen molar-refractivity contribution in [2.75, 3.05) is 32.7 Å². The van der Waals surface area contributed by atoms with Gasteiger partial charge in [-0.15, -0.1) is 0 Å². The molecule has 0 radical (unpaired) electrons. The van der Waals surface area contributed by atoms with Crippen LogP contribution in [0.4, 0.5) is 5.69 Å². The highest BCUT2D eigenvalue weighted by molar-refractivity contribution is 9.10. The number of β-amino-alcohol motifs (C(OH)–C–C–N with tert-alkyl or cyclic N) is 1. The molecule has 128 valence electrons. The van der Waals surface area contributed by atoms with Gasteiger partial charge in [0.1, 0.15) is 11.3 Å². The standard InChI is InChI=1S/C15H15BrN2O6/c1-23-13-9(15(22)24-2)5-8(16)6-10(13)17-11-7-12(20)18(3-4-19)14(11)21/h5-7,17,19H,3-4H2,1-2H3. The second-order valence-electron chi connectivity index (χ2n) is 4.73. The van der Waals surface area contributed by atoms with Gasteiger partial charge in [0, 0.05) is 10.5 Å². The van der Waals surface area contributed by atoms with E-state index in [0.717, 1.165) is 11.0 Å². The number of rotatable bonds is 6. The predicted octanol–water partition coefficient (Wildman–Crippen LogP) is 0.901. The van der Waals surface area contributed by atoms with Gasteiger partial charge >= 0.3 is 5.97 Å². The van der Waals surface area contributed by atoms with Crippen molar-refractivity contribution in [1.29, 1.82) is 0 Å². The number of esters is 1. The highest BCUT2D eigenvalue weighted by Gasteiger charge is 2.31. The molecule has 0 fully saturated rings. The van der Waals surface area contributed by atoms with Gasteiger partial charge in [0.15, 0.2) is 5.75 Å². The van der Waals surface area contributed by atoms with Crippen LogP contribution in [0.15, 0.2) is 28.4 Å². The van der Waals surface area contributed by atoms with Crippen LogP contribution >= 0.6 is 15.9 Å². The number of halogens is 1. The zero-order valence-electron chi connectivity index (χ0n) is 13.0. The first-order valence-electron chi connectivity index (χ1n) is 6.84. The van der Waals surface area contributed by atoms with Gasteiger partial charge in [0.2, 0.25) is 0 Å². The largest absolute Gasteiger partial charge is 0.494 e. The van der Waals surface area contributed by atoms with Gasteiger partial charge in [-0.1, -0.05) is 15.9 Å². The molecule has 2 amide bonds. The molecule has 24 heavy (non-hydrogen) atoms. The number of hydrogen-bond donors (Lipinski definition) is 2. The van der Waals surface area contributed by atoms with Crippen molar-refractivity contribution in [3.8, 4) is 5.75 Å². The van der Waals surface area contributed by atoms with E-state index in [1.165, 1.54) is 20.3 Å². The van der Waals surface area contributed by atoms with Gasteiger partial charge in [0.25, 0.3) is 11.8 Å². The van der Waals surface area contributed by atoms with E-state index >= 15 is 0 Å². The molecule has 0 saturated carbocycles. The van der Waals surface area contributed by atoms with Crippen molar-refractivity contribution < 1.29 is 29.0 Å². The summed E-state index contributed by atoms with van der Waals surface area (Å²) < 4.78 is 10.5. The topological polar surface area (TPSA) is 105 Å². The first kappa shape index (κ1) is 18.0. The molecule has 1 aromatic rings. The Labute approximate surface area is 146 Å². The molecule has 1 aliphatic heterocycles. The molecule has 0 spiro atoms. The minimum Gasteiger partial charge on any atom is -0.494 e. The number of carbonyl (C=O) groups is 3. The lowest BCUT2D eigenvalue weighted by Crippen LogP contribution is -2.34. The van der Waals surface area contributed by atoms with Crippen LogP contribution in [0.1, 0.15) is 10.4 Å². The Morgan fingerprint density at radius 1 is 1.33 bits per heavy atom. The number of carbonyl (C=O) groups excluding carboxylic acids is 3. The maximum Gasteiger partial charge on any atom is 0.341 e. The third kappa shape index (κ3) is 3.41. The molecule has 0 aromatic heterocycles. The minimum absolute atomic E-state index is 0.0145. The van der Waals surface area contributed by atoms with Gasteiger partial charge in [-0.2, -0.15) is 0 Å². The van der Waals surface area contributed by atoms with E-state index in [0.29, 0.717) is 10.2 Å². The minimum atomic E-state index is -0.610. The molecule has 0 atom stereocenters. The lowest BCUT2D eigenvalue weighted by molar-refractivity contribution is -0.137. The van der Waals surface area contributed by atoms with Crippen molar-refractivity contribution >= 4 is 39.4 Å². The number of aliphatic hydroxyl groups is 1. The van der Waals surface area contributed by atoms with Crippen LogP contribution in [-0.2, 0) is 14.3 Å². The number of hydrogen-bond acceptors (Lipinski definition) is 7. The van der Waals surface area contributed by atoms with E-state index in [1.54, 1.807) is 6.07 Å². The lowest BCUT2D eigenvalue weighted by atomic mass is 10.1. The number of benzene rings is 1. The van der Waals surface area contributed by atoms with Crippen molar-refractivity contribution in [2.24, 2.45) is 0 Å². The predicted molar refractivity (Wildman–Crippen MR) is 87.5 cm³/mol. The van der Waals surface area contributed by atoms with Crippen LogP contribution in [0.5, 0.6) is 5.75 Å². The lowest BCUT2D eigenvalue weighted by Gasteiger charge is -2.16. The SMILES string of the molecule is COC(=O)c1cc(Br)cc(NC2=CC(=O)N(CCO)C2=O)c1OC. The molecule has 0 unspecified atom stereocenters. The average Bonchev–Trinajstić information content (AvgIpc) is 2.81. The Hall–Kier alpha value is -2.39. The number of nitrogens with one attached hydrogen (secondary N) is 1. The van der Waals surface area contributed by atoms with Gasteiger partial charge in [-0.25, -0.2) is 4.79 Å². The number of aliphatic hydroxyl groups excluding tert-OH is 1. The molecule has 0 aliphatic carbocycles. The molecular formula is C15H15BrN2O6. The summed E-state index contributed by atoms with van der Waals surface area (Å²) in [6, 6.07) is 3.11. The fourth-order valence-electron chi connectivity index (χ4n) is 2.22. The molecule has 1 heterocycles. The Morgan fingerprint density at radius 3 is 2.62 bits per heavy atom. The van der Waals surface area contributed by atoms with Crippen molar-refractivity contribution in [3.05, 3.63) is 33.9 Å². The summed E-state index contributed by atoms with van der Waals surface area (Å²) in [5.74, 6) is -1.54. The van der Waals surface area contributed by atoms with E-state index in [1.807, 2.05) is 0 Å². The van der Waals surface area contributed by atoms with Gasteiger partial charge in [-0.05, 0) is 12.1 Å². The van der Waals surface area contributed by atoms with Crippen LogP contribution in [0.25, 0.3) is 0 Å². The number of amides is 2. The Morgan fingerprint density at radius 2 is 2.04 bits per heavy atom. The summed E-state index contributed by atoms with van der Waals surface area (Å²) in [5, 5.41) is 11.7. The Kier molecular flexibility index (Phi) is 5.58. The number of nitrogens with zero attached hydrogens (tertiary/aromatic N) is 1. The van der Waals surface area contributed by atoms with E-state index < -0.39 is 17.8 Å². The zero-order valence-corrected chi connectivity index (χ0v) is 14.5. The normalized spacial score (nSPS) is 13.8. The molecule has 2 N–H and O–H groups in total. The maximum atomic E-state index is 12.2. The van der Waals surface area contributed by atoms with Crippen LogP contribution in [0, 0.1) is 0 Å². The smallest absolute Gasteiger partial charge is 0.341 e. The summed E-state index contributed by atoms with van der Waals surface area (Å²) in [6.07, 6.45) is 1.12. The molecule has 8 nitrogen and oxygen atoms in total.